The Kier molecular flexibility index (Phi) is 7.12. The number of fused-ring (bicyclic) bond motifs is 1. The third-order valence-electron chi connectivity index (χ3n) is 5.74. The first-order valence-corrected chi connectivity index (χ1v) is 10.5. The van der Waals surface area contributed by atoms with Gasteiger partial charge in [-0.3, -0.25) is 4.79 Å². The lowest BCUT2D eigenvalue weighted by Crippen LogP contribution is -2.45. The van der Waals surface area contributed by atoms with Crippen molar-refractivity contribution in [3.05, 3.63) is 35.9 Å². The molecule has 0 fully saturated rings. The highest BCUT2D eigenvalue weighted by Gasteiger charge is 2.39. The quantitative estimate of drug-likeness (QED) is 0.454. The molecule has 1 aromatic carbocycles. The zero-order valence-electron chi connectivity index (χ0n) is 17.3. The number of hydrogen-bond donors (Lipinski definition) is 0. The van der Waals surface area contributed by atoms with Crippen molar-refractivity contribution in [3.63, 3.8) is 0 Å². The molecule has 0 aromatic heterocycles. The minimum absolute atomic E-state index is 0.0127. The highest BCUT2D eigenvalue weighted by molar-refractivity contribution is 6.07. The predicted molar refractivity (Wildman–Crippen MR) is 112 cm³/mol. The molecule has 1 aromatic rings. The number of rotatable bonds is 9. The number of methoxy groups -OCH3 is 2. The van der Waals surface area contributed by atoms with Crippen molar-refractivity contribution < 1.29 is 14.3 Å². The van der Waals surface area contributed by atoms with E-state index in [2.05, 4.69) is 19.1 Å². The summed E-state index contributed by atoms with van der Waals surface area (Å²) in [7, 11) is 3.28. The summed E-state index contributed by atoms with van der Waals surface area (Å²) in [6.45, 7) is 2.91. The first-order chi connectivity index (χ1) is 13.7. The normalized spacial score (nSPS) is 21.3. The summed E-state index contributed by atoms with van der Waals surface area (Å²) >= 11 is 0. The molecule has 0 bridgehead atoms. The lowest BCUT2D eigenvalue weighted by atomic mass is 9.76. The van der Waals surface area contributed by atoms with Gasteiger partial charge in [0.25, 0.3) is 0 Å². The van der Waals surface area contributed by atoms with Gasteiger partial charge in [-0.05, 0) is 37.5 Å². The second-order valence-corrected chi connectivity index (χ2v) is 7.59. The second kappa shape index (κ2) is 9.76. The van der Waals surface area contributed by atoms with E-state index in [4.69, 9.17) is 14.6 Å². The Bertz CT molecular complexity index is 741. The van der Waals surface area contributed by atoms with Gasteiger partial charge >= 0.3 is 0 Å². The zero-order valence-corrected chi connectivity index (χ0v) is 17.3. The van der Waals surface area contributed by atoms with Crippen molar-refractivity contribution >= 4 is 11.6 Å². The third-order valence-corrected chi connectivity index (χ3v) is 5.74. The van der Waals surface area contributed by atoms with Crippen molar-refractivity contribution in [3.8, 4) is 11.5 Å². The highest BCUT2D eigenvalue weighted by atomic mass is 16.5. The number of unbranched alkanes of at least 4 members (excludes halogenated alkanes) is 4. The monoisotopic (exact) mass is 384 g/mol. The van der Waals surface area contributed by atoms with E-state index < -0.39 is 0 Å². The molecular weight excluding hydrogens is 352 g/mol. The van der Waals surface area contributed by atoms with Crippen LogP contribution in [0.1, 0.15) is 57.4 Å². The number of allylic oxidation sites excluding steroid dienone is 2. The summed E-state index contributed by atoms with van der Waals surface area (Å²) in [5.41, 5.74) is 2.00. The van der Waals surface area contributed by atoms with Gasteiger partial charge in [-0.1, -0.05) is 44.8 Å². The van der Waals surface area contributed by atoms with E-state index in [1.807, 2.05) is 18.2 Å². The summed E-state index contributed by atoms with van der Waals surface area (Å²) in [5, 5.41) is 6.56. The molecular formula is C23H32N2O3. The number of benzene rings is 1. The molecule has 2 aliphatic rings. The van der Waals surface area contributed by atoms with Crippen LogP contribution in [0.2, 0.25) is 0 Å². The van der Waals surface area contributed by atoms with Gasteiger partial charge in [0.05, 0.1) is 25.8 Å². The van der Waals surface area contributed by atoms with Crippen LogP contribution < -0.4 is 9.47 Å². The van der Waals surface area contributed by atoms with Crippen LogP contribution >= 0.6 is 0 Å². The van der Waals surface area contributed by atoms with Crippen molar-refractivity contribution in [1.82, 2.24) is 5.01 Å². The molecule has 5 heteroatoms. The van der Waals surface area contributed by atoms with Gasteiger partial charge < -0.3 is 9.47 Å². The molecule has 0 N–H and O–H groups in total. The maximum atomic E-state index is 13.0. The van der Waals surface area contributed by atoms with Crippen LogP contribution in [0.4, 0.5) is 0 Å². The van der Waals surface area contributed by atoms with Gasteiger partial charge in [0.2, 0.25) is 5.91 Å². The Morgan fingerprint density at radius 2 is 1.71 bits per heavy atom. The number of nitrogens with zero attached hydrogens (tertiary/aromatic N) is 2. The Labute approximate surface area is 168 Å². The molecule has 0 spiro atoms. The summed E-state index contributed by atoms with van der Waals surface area (Å²) in [6.07, 6.45) is 11.8. The molecule has 152 valence electrons. The summed E-state index contributed by atoms with van der Waals surface area (Å²) in [6, 6.07) is 5.91. The topological polar surface area (TPSA) is 51.1 Å². The Balaban J connectivity index is 1.86. The van der Waals surface area contributed by atoms with E-state index in [0.717, 1.165) is 37.0 Å². The van der Waals surface area contributed by atoms with E-state index in [1.165, 1.54) is 19.3 Å². The smallest absolute Gasteiger partial charge is 0.246 e. The number of carbonyl (C=O) groups excluding carboxylic acids is 1. The molecule has 2 atom stereocenters. The minimum atomic E-state index is -0.0127. The van der Waals surface area contributed by atoms with Crippen LogP contribution in [0.25, 0.3) is 0 Å². The molecule has 1 aliphatic carbocycles. The fraction of sp³-hybridized carbons (Fsp3) is 0.565. The SMILES string of the molecule is CCCCCCCN1N=C(c2ccc(OC)c(OC)c2)C2CC=CCC2C1=O. The lowest BCUT2D eigenvalue weighted by Gasteiger charge is -2.37. The second-order valence-electron chi connectivity index (χ2n) is 7.59. The molecule has 0 saturated heterocycles. The van der Waals surface area contributed by atoms with Crippen molar-refractivity contribution in [2.45, 2.75) is 51.9 Å². The molecule has 1 heterocycles. The van der Waals surface area contributed by atoms with Gasteiger partial charge in [-0.2, -0.15) is 5.10 Å². The molecule has 1 amide bonds. The molecule has 2 unspecified atom stereocenters. The van der Waals surface area contributed by atoms with Gasteiger partial charge in [0.1, 0.15) is 0 Å². The average Bonchev–Trinajstić information content (AvgIpc) is 2.74. The number of amides is 1. The number of ether oxygens (including phenoxy) is 2. The van der Waals surface area contributed by atoms with Gasteiger partial charge in [-0.25, -0.2) is 5.01 Å². The maximum Gasteiger partial charge on any atom is 0.246 e. The van der Waals surface area contributed by atoms with Crippen molar-refractivity contribution in [2.24, 2.45) is 16.9 Å². The highest BCUT2D eigenvalue weighted by Crippen LogP contribution is 2.37. The molecule has 1 aliphatic heterocycles. The number of hydrogen-bond acceptors (Lipinski definition) is 4. The van der Waals surface area contributed by atoms with Crippen LogP contribution in [0, 0.1) is 11.8 Å². The summed E-state index contributed by atoms with van der Waals surface area (Å²) in [4.78, 5) is 13.0. The van der Waals surface area contributed by atoms with E-state index in [9.17, 15) is 4.79 Å². The maximum absolute atomic E-state index is 13.0. The molecule has 0 saturated carbocycles. The molecule has 3 rings (SSSR count). The number of carbonyl (C=O) groups is 1. The largest absolute Gasteiger partial charge is 0.493 e. The Morgan fingerprint density at radius 1 is 1.00 bits per heavy atom. The van der Waals surface area contributed by atoms with Crippen LogP contribution in [-0.2, 0) is 4.79 Å². The first-order valence-electron chi connectivity index (χ1n) is 10.5. The zero-order chi connectivity index (χ0) is 19.9. The minimum Gasteiger partial charge on any atom is -0.493 e. The fourth-order valence-corrected chi connectivity index (χ4v) is 4.13. The van der Waals surface area contributed by atoms with E-state index in [0.29, 0.717) is 18.0 Å². The van der Waals surface area contributed by atoms with Gasteiger partial charge in [-0.15, -0.1) is 0 Å². The van der Waals surface area contributed by atoms with Crippen molar-refractivity contribution in [1.29, 1.82) is 0 Å². The van der Waals surface area contributed by atoms with Gasteiger partial charge in [0, 0.05) is 18.0 Å². The number of hydrazone groups is 1. The molecule has 28 heavy (non-hydrogen) atoms. The third kappa shape index (κ3) is 4.40. The van der Waals surface area contributed by atoms with Gasteiger partial charge in [0.15, 0.2) is 11.5 Å². The summed E-state index contributed by atoms with van der Waals surface area (Å²) < 4.78 is 10.8. The van der Waals surface area contributed by atoms with Crippen LogP contribution in [-0.4, -0.2) is 37.4 Å². The summed E-state index contributed by atoms with van der Waals surface area (Å²) in [5.74, 6) is 1.68. The standard InChI is InChI=1S/C23H32N2O3/c1-4-5-6-7-10-15-25-23(26)19-12-9-8-11-18(19)22(24-25)17-13-14-20(27-2)21(16-17)28-3/h8-9,13-14,16,18-19H,4-7,10-12,15H2,1-3H3. The van der Waals surface area contributed by atoms with Crippen LogP contribution in [0.3, 0.4) is 0 Å². The van der Waals surface area contributed by atoms with Crippen molar-refractivity contribution in [2.75, 3.05) is 20.8 Å². The molecule has 5 nitrogen and oxygen atoms in total. The van der Waals surface area contributed by atoms with E-state index >= 15 is 0 Å². The lowest BCUT2D eigenvalue weighted by molar-refractivity contribution is -0.137. The fourth-order valence-electron chi connectivity index (χ4n) is 4.13. The van der Waals surface area contributed by atoms with E-state index in [1.54, 1.807) is 19.2 Å². The predicted octanol–water partition coefficient (Wildman–Crippen LogP) is 4.80. The Hall–Kier alpha value is -2.30. The molecule has 0 radical (unpaired) electrons. The van der Waals surface area contributed by atoms with Crippen LogP contribution in [0.15, 0.2) is 35.5 Å². The van der Waals surface area contributed by atoms with Crippen LogP contribution in [0.5, 0.6) is 11.5 Å². The first kappa shape index (κ1) is 20.4. The van der Waals surface area contributed by atoms with E-state index in [-0.39, 0.29) is 17.7 Å². The Morgan fingerprint density at radius 3 is 2.43 bits per heavy atom. The average molecular weight is 385 g/mol.